The molecule has 1 N–H and O–H groups in total. The molecule has 0 radical (unpaired) electrons. The molecule has 2 aromatic carbocycles. The van der Waals surface area contributed by atoms with Gasteiger partial charge in [0.05, 0.1) is 23.9 Å². The fraction of sp³-hybridized carbons (Fsp3) is 0.136. The predicted octanol–water partition coefficient (Wildman–Crippen LogP) is 5.05. The Morgan fingerprint density at radius 2 is 1.97 bits per heavy atom. The summed E-state index contributed by atoms with van der Waals surface area (Å²) in [4.78, 5) is 16.0. The first-order valence-electron chi connectivity index (χ1n) is 8.97. The molecule has 0 spiro atoms. The maximum absolute atomic E-state index is 12.1. The summed E-state index contributed by atoms with van der Waals surface area (Å²) >= 11 is 12.3. The van der Waals surface area contributed by atoms with E-state index in [1.165, 1.54) is 25.1 Å². The minimum atomic E-state index is -0.472. The third-order valence-corrected chi connectivity index (χ3v) is 4.72. The van der Waals surface area contributed by atoms with Gasteiger partial charge < -0.3 is 9.47 Å². The van der Waals surface area contributed by atoms with Crippen LogP contribution in [0.3, 0.4) is 0 Å². The predicted molar refractivity (Wildman–Crippen MR) is 118 cm³/mol. The van der Waals surface area contributed by atoms with E-state index in [4.69, 9.17) is 32.7 Å². The number of aromatic nitrogens is 1. The molecule has 0 saturated carbocycles. The molecule has 1 aromatic heterocycles. The number of ether oxygens (including phenoxy) is 2. The van der Waals surface area contributed by atoms with Gasteiger partial charge in [-0.15, -0.1) is 0 Å². The van der Waals surface area contributed by atoms with E-state index in [2.05, 4.69) is 15.5 Å². The molecule has 1 heterocycles. The zero-order chi connectivity index (χ0) is 21.5. The van der Waals surface area contributed by atoms with E-state index in [-0.39, 0.29) is 10.7 Å². The van der Waals surface area contributed by atoms with Crippen LogP contribution in [-0.2, 0) is 6.61 Å². The number of amides is 1. The number of carbonyl (C=O) groups is 1. The second kappa shape index (κ2) is 10.1. The van der Waals surface area contributed by atoms with E-state index >= 15 is 0 Å². The van der Waals surface area contributed by atoms with Crippen LogP contribution in [0.5, 0.6) is 11.5 Å². The number of halogens is 2. The fourth-order valence-corrected chi connectivity index (χ4v) is 3.05. The zero-order valence-corrected chi connectivity index (χ0v) is 17.9. The molecular weight excluding hydrogens is 425 g/mol. The number of hydrogen-bond donors (Lipinski definition) is 1. The van der Waals surface area contributed by atoms with Crippen LogP contribution in [0, 0.1) is 6.92 Å². The summed E-state index contributed by atoms with van der Waals surface area (Å²) in [5, 5.41) is 4.41. The van der Waals surface area contributed by atoms with E-state index < -0.39 is 5.91 Å². The van der Waals surface area contributed by atoms with E-state index in [1.54, 1.807) is 24.3 Å². The maximum atomic E-state index is 12.1. The van der Waals surface area contributed by atoms with Gasteiger partial charge in [0.25, 0.3) is 5.91 Å². The Hall–Kier alpha value is -3.09. The summed E-state index contributed by atoms with van der Waals surface area (Å²) in [6.45, 7) is 2.38. The maximum Gasteiger partial charge on any atom is 0.274 e. The summed E-state index contributed by atoms with van der Waals surface area (Å²) < 4.78 is 11.3. The van der Waals surface area contributed by atoms with E-state index in [9.17, 15) is 4.79 Å². The molecule has 0 aliphatic heterocycles. The molecule has 0 aliphatic carbocycles. The topological polar surface area (TPSA) is 72.8 Å². The SMILES string of the molecule is COc1cc(C=NNC(=O)c2cccnc2Cl)cc(Cl)c1OCc1ccc(C)cc1. The van der Waals surface area contributed by atoms with Gasteiger partial charge in [-0.05, 0) is 42.3 Å². The van der Waals surface area contributed by atoms with Crippen molar-refractivity contribution in [2.45, 2.75) is 13.5 Å². The molecule has 30 heavy (non-hydrogen) atoms. The molecule has 0 saturated heterocycles. The second-order valence-corrected chi connectivity index (χ2v) is 7.11. The summed E-state index contributed by atoms with van der Waals surface area (Å²) in [5.74, 6) is 0.418. The molecule has 0 atom stereocenters. The number of hydrazone groups is 1. The summed E-state index contributed by atoms with van der Waals surface area (Å²) in [7, 11) is 1.53. The number of rotatable bonds is 7. The largest absolute Gasteiger partial charge is 0.493 e. The summed E-state index contributed by atoms with van der Waals surface area (Å²) in [6, 6.07) is 14.6. The standard InChI is InChI=1S/C22H19Cl2N3O3/c1-14-5-7-15(8-6-14)13-30-20-18(23)10-16(11-19(20)29-2)12-26-27-22(28)17-4-3-9-25-21(17)24/h3-12H,13H2,1-2H3,(H,27,28). The number of carbonyl (C=O) groups excluding carboxylic acids is 1. The normalized spacial score (nSPS) is 10.8. The minimum absolute atomic E-state index is 0.102. The molecular formula is C22H19Cl2N3O3. The van der Waals surface area contributed by atoms with Gasteiger partial charge in [-0.2, -0.15) is 5.10 Å². The highest BCUT2D eigenvalue weighted by atomic mass is 35.5. The Balaban J connectivity index is 1.70. The number of pyridine rings is 1. The second-order valence-electron chi connectivity index (χ2n) is 6.35. The van der Waals surface area contributed by atoms with Crippen molar-refractivity contribution in [2.75, 3.05) is 7.11 Å². The van der Waals surface area contributed by atoms with Crippen LogP contribution in [0.15, 0.2) is 59.8 Å². The van der Waals surface area contributed by atoms with Crippen LogP contribution in [-0.4, -0.2) is 24.2 Å². The molecule has 8 heteroatoms. The van der Waals surface area contributed by atoms with Crippen LogP contribution in [0.4, 0.5) is 0 Å². The Morgan fingerprint density at radius 3 is 2.67 bits per heavy atom. The van der Waals surface area contributed by atoms with Crippen molar-refractivity contribution in [3.8, 4) is 11.5 Å². The van der Waals surface area contributed by atoms with Gasteiger partial charge in [0.2, 0.25) is 0 Å². The van der Waals surface area contributed by atoms with E-state index in [0.29, 0.717) is 28.7 Å². The van der Waals surface area contributed by atoms with Crippen LogP contribution < -0.4 is 14.9 Å². The Labute approximate surface area is 184 Å². The highest BCUT2D eigenvalue weighted by Crippen LogP contribution is 2.36. The first kappa shape index (κ1) is 21.6. The minimum Gasteiger partial charge on any atom is -0.493 e. The number of aryl methyl sites for hydroxylation is 1. The third-order valence-electron chi connectivity index (χ3n) is 4.14. The monoisotopic (exact) mass is 443 g/mol. The van der Waals surface area contributed by atoms with Gasteiger partial charge in [0.1, 0.15) is 11.8 Å². The van der Waals surface area contributed by atoms with Crippen molar-refractivity contribution in [3.63, 3.8) is 0 Å². The van der Waals surface area contributed by atoms with Gasteiger partial charge in [0.15, 0.2) is 11.5 Å². The average Bonchev–Trinajstić information content (AvgIpc) is 2.74. The van der Waals surface area contributed by atoms with Crippen molar-refractivity contribution in [1.82, 2.24) is 10.4 Å². The average molecular weight is 444 g/mol. The molecule has 1 amide bonds. The number of nitrogens with one attached hydrogen (secondary N) is 1. The van der Waals surface area contributed by atoms with Crippen molar-refractivity contribution >= 4 is 35.3 Å². The van der Waals surface area contributed by atoms with Gasteiger partial charge in [-0.3, -0.25) is 4.79 Å². The third kappa shape index (κ3) is 5.49. The van der Waals surface area contributed by atoms with Crippen molar-refractivity contribution in [2.24, 2.45) is 5.10 Å². The molecule has 3 rings (SSSR count). The molecule has 0 bridgehead atoms. The van der Waals surface area contributed by atoms with Crippen LogP contribution >= 0.6 is 23.2 Å². The van der Waals surface area contributed by atoms with Gasteiger partial charge in [-0.25, -0.2) is 10.4 Å². The highest BCUT2D eigenvalue weighted by molar-refractivity contribution is 6.33. The van der Waals surface area contributed by atoms with Crippen LogP contribution in [0.1, 0.15) is 27.0 Å². The first-order valence-corrected chi connectivity index (χ1v) is 9.73. The van der Waals surface area contributed by atoms with Crippen molar-refractivity contribution in [1.29, 1.82) is 0 Å². The highest BCUT2D eigenvalue weighted by Gasteiger charge is 2.13. The summed E-state index contributed by atoms with van der Waals surface area (Å²) in [6.07, 6.45) is 2.94. The first-order chi connectivity index (χ1) is 14.5. The van der Waals surface area contributed by atoms with Crippen LogP contribution in [0.2, 0.25) is 10.2 Å². The van der Waals surface area contributed by atoms with E-state index in [0.717, 1.165) is 5.56 Å². The number of methoxy groups -OCH3 is 1. The quantitative estimate of drug-likeness (QED) is 0.315. The molecule has 0 fully saturated rings. The zero-order valence-electron chi connectivity index (χ0n) is 16.4. The lowest BCUT2D eigenvalue weighted by Crippen LogP contribution is -2.18. The lowest BCUT2D eigenvalue weighted by molar-refractivity contribution is 0.0955. The summed E-state index contributed by atoms with van der Waals surface area (Å²) in [5.41, 5.74) is 5.44. The van der Waals surface area contributed by atoms with Crippen molar-refractivity contribution < 1.29 is 14.3 Å². The Kier molecular flexibility index (Phi) is 7.27. The molecule has 154 valence electrons. The Bertz CT molecular complexity index is 1070. The van der Waals surface area contributed by atoms with Gasteiger partial charge in [0, 0.05) is 6.20 Å². The fourth-order valence-electron chi connectivity index (χ4n) is 2.58. The smallest absolute Gasteiger partial charge is 0.274 e. The van der Waals surface area contributed by atoms with Crippen LogP contribution in [0.25, 0.3) is 0 Å². The van der Waals surface area contributed by atoms with Gasteiger partial charge in [-0.1, -0.05) is 53.0 Å². The number of benzene rings is 2. The Morgan fingerprint density at radius 1 is 1.20 bits per heavy atom. The number of hydrogen-bond acceptors (Lipinski definition) is 5. The van der Waals surface area contributed by atoms with E-state index in [1.807, 2.05) is 31.2 Å². The molecule has 0 unspecified atom stereocenters. The lowest BCUT2D eigenvalue weighted by atomic mass is 10.1. The molecule has 0 aliphatic rings. The molecule has 6 nitrogen and oxygen atoms in total. The lowest BCUT2D eigenvalue weighted by Gasteiger charge is -2.13. The molecule has 3 aromatic rings. The van der Waals surface area contributed by atoms with Gasteiger partial charge >= 0.3 is 0 Å². The number of nitrogens with zero attached hydrogens (tertiary/aromatic N) is 2. The van der Waals surface area contributed by atoms with Crippen molar-refractivity contribution in [3.05, 3.63) is 87.2 Å².